The van der Waals surface area contributed by atoms with Crippen LogP contribution in [0.3, 0.4) is 0 Å². The van der Waals surface area contributed by atoms with Gasteiger partial charge in [-0.2, -0.15) is 0 Å². The van der Waals surface area contributed by atoms with Crippen molar-refractivity contribution in [3.8, 4) is 0 Å². The number of pyridine rings is 1. The van der Waals surface area contributed by atoms with E-state index in [9.17, 15) is 14.7 Å². The summed E-state index contributed by atoms with van der Waals surface area (Å²) in [5.41, 5.74) is 0.114. The topological polar surface area (TPSA) is 127 Å². The highest BCUT2D eigenvalue weighted by Crippen LogP contribution is 2.33. The summed E-state index contributed by atoms with van der Waals surface area (Å²) in [5.74, 6) is -0.353. The number of anilines is 1. The molecule has 1 unspecified atom stereocenters. The molecule has 0 saturated carbocycles. The number of hydrogen-bond donors (Lipinski definition) is 3. The third-order valence-electron chi connectivity index (χ3n) is 4.18. The number of aromatic carboxylic acids is 1. The first-order chi connectivity index (χ1) is 14.5. The van der Waals surface area contributed by atoms with Crippen LogP contribution in [0.4, 0.5) is 10.5 Å². The van der Waals surface area contributed by atoms with Crippen molar-refractivity contribution in [2.24, 2.45) is 0 Å². The fourth-order valence-corrected chi connectivity index (χ4v) is 3.20. The summed E-state index contributed by atoms with van der Waals surface area (Å²) in [6.45, 7) is 7.33. The van der Waals surface area contributed by atoms with Gasteiger partial charge in [0.15, 0.2) is 5.58 Å². The van der Waals surface area contributed by atoms with Gasteiger partial charge in [-0.25, -0.2) is 14.6 Å². The molecule has 0 saturated heterocycles. The smallest absolute Gasteiger partial charge is 0.407 e. The molecule has 0 radical (unpaired) electrons. The largest absolute Gasteiger partial charge is 0.477 e. The summed E-state index contributed by atoms with van der Waals surface area (Å²) in [4.78, 5) is 28.1. The molecule has 9 nitrogen and oxygen atoms in total. The van der Waals surface area contributed by atoms with Crippen LogP contribution in [-0.4, -0.2) is 33.8 Å². The number of alkyl carbamates (subject to hydrolysis) is 1. The molecular weight excluding hydrogens is 426 g/mol. The molecule has 1 atom stereocenters. The van der Waals surface area contributed by atoms with Crippen LogP contribution in [0.5, 0.6) is 0 Å². The summed E-state index contributed by atoms with van der Waals surface area (Å²) in [6.07, 6.45) is 1.07. The number of amides is 1. The van der Waals surface area contributed by atoms with Gasteiger partial charge in [0.05, 0.1) is 18.5 Å². The number of aromatic nitrogens is 1. The summed E-state index contributed by atoms with van der Waals surface area (Å²) in [5, 5.41) is 15.7. The molecule has 3 rings (SSSR count). The van der Waals surface area contributed by atoms with Gasteiger partial charge < -0.3 is 29.3 Å². The fraction of sp³-hybridized carbons (Fsp3) is 0.381. The molecule has 0 aliphatic heterocycles. The number of carbonyl (C=O) groups is 2. The van der Waals surface area contributed by atoms with Crippen molar-refractivity contribution in [1.29, 1.82) is 0 Å². The maximum Gasteiger partial charge on any atom is 0.407 e. The molecule has 0 aliphatic carbocycles. The minimum absolute atomic E-state index is 0.101. The molecule has 1 amide bonds. The number of ether oxygens (including phenoxy) is 1. The normalized spacial score (nSPS) is 12.5. The Balaban J connectivity index is 1.88. The first-order valence-electron chi connectivity index (χ1n) is 9.64. The highest BCUT2D eigenvalue weighted by atomic mass is 35.5. The van der Waals surface area contributed by atoms with Gasteiger partial charge in [0.2, 0.25) is 0 Å². The molecule has 3 aromatic heterocycles. The number of nitrogens with one attached hydrogen (secondary N) is 2. The highest BCUT2D eigenvalue weighted by Gasteiger charge is 2.26. The number of hydrogen-bond acceptors (Lipinski definition) is 7. The van der Waals surface area contributed by atoms with Crippen LogP contribution in [0.2, 0.25) is 5.15 Å². The van der Waals surface area contributed by atoms with Crippen LogP contribution in [0.1, 0.15) is 49.6 Å². The lowest BCUT2D eigenvalue weighted by atomic mass is 10.1. The van der Waals surface area contributed by atoms with Crippen LogP contribution in [-0.2, 0) is 17.7 Å². The number of carboxylic acids is 1. The van der Waals surface area contributed by atoms with E-state index in [1.54, 1.807) is 52.2 Å². The van der Waals surface area contributed by atoms with Gasteiger partial charge in [-0.3, -0.25) is 0 Å². The highest BCUT2D eigenvalue weighted by molar-refractivity contribution is 6.30. The van der Waals surface area contributed by atoms with Gasteiger partial charge in [0.1, 0.15) is 33.4 Å². The molecule has 3 N–H and O–H groups in total. The van der Waals surface area contributed by atoms with Gasteiger partial charge in [0, 0.05) is 18.5 Å². The monoisotopic (exact) mass is 449 g/mol. The van der Waals surface area contributed by atoms with E-state index in [2.05, 4.69) is 15.6 Å². The lowest BCUT2D eigenvalue weighted by Gasteiger charge is -2.21. The molecule has 3 aromatic rings. The van der Waals surface area contributed by atoms with Crippen molar-refractivity contribution in [3.05, 3.63) is 46.7 Å². The molecule has 166 valence electrons. The summed E-state index contributed by atoms with van der Waals surface area (Å²) in [7, 11) is 0. The van der Waals surface area contributed by atoms with E-state index < -0.39 is 23.7 Å². The maximum absolute atomic E-state index is 12.0. The minimum Gasteiger partial charge on any atom is -0.477 e. The number of halogens is 1. The second-order valence-corrected chi connectivity index (χ2v) is 8.45. The number of carbonyl (C=O) groups excluding carboxylic acids is 1. The Hall–Kier alpha value is -3.20. The van der Waals surface area contributed by atoms with Crippen LogP contribution in [0.15, 0.2) is 33.3 Å². The zero-order chi connectivity index (χ0) is 22.8. The van der Waals surface area contributed by atoms with Crippen molar-refractivity contribution in [2.75, 3.05) is 5.32 Å². The van der Waals surface area contributed by atoms with Crippen molar-refractivity contribution >= 4 is 40.5 Å². The van der Waals surface area contributed by atoms with Gasteiger partial charge in [-0.1, -0.05) is 11.6 Å². The van der Waals surface area contributed by atoms with Crippen LogP contribution in [0.25, 0.3) is 11.1 Å². The number of furan rings is 2. The van der Waals surface area contributed by atoms with Gasteiger partial charge in [-0.05, 0) is 39.8 Å². The van der Waals surface area contributed by atoms with Crippen molar-refractivity contribution < 1.29 is 28.3 Å². The van der Waals surface area contributed by atoms with E-state index in [1.165, 1.54) is 0 Å². The Morgan fingerprint density at radius 3 is 2.71 bits per heavy atom. The van der Waals surface area contributed by atoms with E-state index in [-0.39, 0.29) is 34.0 Å². The molecule has 0 fully saturated rings. The van der Waals surface area contributed by atoms with Gasteiger partial charge in [0.25, 0.3) is 0 Å². The Bertz CT molecular complexity index is 1080. The molecule has 0 bridgehead atoms. The maximum atomic E-state index is 12.0. The van der Waals surface area contributed by atoms with Crippen LogP contribution < -0.4 is 10.6 Å². The predicted molar refractivity (Wildman–Crippen MR) is 115 cm³/mol. The number of rotatable bonds is 7. The SMILES string of the molecule is CC(Cc1oc2c(NCc3ccco3)cc(Cl)nc2c1C(=O)O)NC(=O)OC(C)(C)C. The first-order valence-corrected chi connectivity index (χ1v) is 10.0. The molecule has 10 heteroatoms. The summed E-state index contributed by atoms with van der Waals surface area (Å²) in [6, 6.07) is 4.66. The summed E-state index contributed by atoms with van der Waals surface area (Å²) >= 11 is 6.12. The average molecular weight is 450 g/mol. The van der Waals surface area contributed by atoms with Crippen LogP contribution >= 0.6 is 11.6 Å². The Labute approximate surface area is 183 Å². The van der Waals surface area contributed by atoms with E-state index in [1.807, 2.05) is 0 Å². The number of nitrogens with zero attached hydrogens (tertiary/aromatic N) is 1. The number of carboxylic acid groups (broad SMARTS) is 1. The van der Waals surface area contributed by atoms with Crippen molar-refractivity contribution in [2.45, 2.75) is 52.3 Å². The quantitative estimate of drug-likeness (QED) is 0.437. The fourth-order valence-electron chi connectivity index (χ4n) is 3.01. The molecule has 3 heterocycles. The molecule has 0 aliphatic rings. The molecule has 31 heavy (non-hydrogen) atoms. The first kappa shape index (κ1) is 22.5. The van der Waals surface area contributed by atoms with Crippen molar-refractivity contribution in [1.82, 2.24) is 10.3 Å². The summed E-state index contributed by atoms with van der Waals surface area (Å²) < 4.78 is 16.4. The second-order valence-electron chi connectivity index (χ2n) is 8.06. The van der Waals surface area contributed by atoms with Gasteiger partial charge in [-0.15, -0.1) is 0 Å². The lowest BCUT2D eigenvalue weighted by Crippen LogP contribution is -2.38. The third-order valence-corrected chi connectivity index (χ3v) is 4.38. The molecule has 0 aromatic carbocycles. The second kappa shape index (κ2) is 8.89. The van der Waals surface area contributed by atoms with E-state index >= 15 is 0 Å². The van der Waals surface area contributed by atoms with Gasteiger partial charge >= 0.3 is 12.1 Å². The Kier molecular flexibility index (Phi) is 6.45. The molecular formula is C21H24ClN3O6. The van der Waals surface area contributed by atoms with E-state index in [4.69, 9.17) is 25.2 Å². The molecule has 0 spiro atoms. The van der Waals surface area contributed by atoms with E-state index in [0.717, 1.165) is 0 Å². The Morgan fingerprint density at radius 1 is 1.35 bits per heavy atom. The number of fused-ring (bicyclic) bond motifs is 1. The Morgan fingerprint density at radius 2 is 2.10 bits per heavy atom. The predicted octanol–water partition coefficient (Wildman–Crippen LogP) is 4.84. The average Bonchev–Trinajstić information content (AvgIpc) is 3.24. The lowest BCUT2D eigenvalue weighted by molar-refractivity contribution is 0.0507. The third kappa shape index (κ3) is 5.69. The van der Waals surface area contributed by atoms with E-state index in [0.29, 0.717) is 18.0 Å². The standard InChI is InChI=1S/C21H24ClN3O6/c1-11(24-20(28)31-21(2,3)4)8-14-16(19(26)27)17-18(30-14)13(9-15(22)25-17)23-10-12-6-5-7-29-12/h5-7,9,11H,8,10H2,1-4H3,(H,23,25)(H,24,28)(H,26,27). The zero-order valence-electron chi connectivity index (χ0n) is 17.6. The zero-order valence-corrected chi connectivity index (χ0v) is 18.4. The minimum atomic E-state index is -1.20. The van der Waals surface area contributed by atoms with Crippen molar-refractivity contribution in [3.63, 3.8) is 0 Å². The van der Waals surface area contributed by atoms with Crippen LogP contribution in [0, 0.1) is 0 Å².